The average molecular weight is 157 g/mol. The van der Waals surface area contributed by atoms with E-state index in [1.54, 1.807) is 13.8 Å². The van der Waals surface area contributed by atoms with Crippen LogP contribution in [0.15, 0.2) is 4.99 Å². The molecular weight excluding hydrogens is 142 g/mol. The van der Waals surface area contributed by atoms with Gasteiger partial charge in [0.15, 0.2) is 0 Å². The Bertz CT molecular complexity index is 189. The molecule has 64 valence electrons. The Labute approximate surface area is 67.1 Å². The lowest BCUT2D eigenvalue weighted by atomic mass is 10.1. The number of hydrogen-bond acceptors (Lipinski definition) is 3. The third-order valence-electron chi connectivity index (χ3n) is 1.49. The van der Waals surface area contributed by atoms with Crippen molar-refractivity contribution in [3.8, 4) is 0 Å². The molecule has 1 heterocycles. The van der Waals surface area contributed by atoms with Crippen LogP contribution in [0.2, 0.25) is 0 Å². The molecule has 0 saturated carbocycles. The van der Waals surface area contributed by atoms with Crippen LogP contribution >= 0.6 is 0 Å². The van der Waals surface area contributed by atoms with Gasteiger partial charge < -0.3 is 9.84 Å². The SMILES string of the molecule is CC1(C)COC(C(C)(C)O)=N1. The molecule has 11 heavy (non-hydrogen) atoms. The number of aliphatic hydroxyl groups is 1. The molecule has 3 nitrogen and oxygen atoms in total. The maximum atomic E-state index is 9.49. The molecule has 0 aromatic carbocycles. The van der Waals surface area contributed by atoms with Crippen LogP contribution in [0.3, 0.4) is 0 Å². The third kappa shape index (κ3) is 1.93. The molecule has 1 rings (SSSR count). The zero-order chi connectivity index (χ0) is 8.70. The van der Waals surface area contributed by atoms with E-state index >= 15 is 0 Å². The highest BCUT2D eigenvalue weighted by Gasteiger charge is 2.34. The monoisotopic (exact) mass is 157 g/mol. The van der Waals surface area contributed by atoms with Crippen molar-refractivity contribution in [2.24, 2.45) is 4.99 Å². The molecule has 3 heteroatoms. The fourth-order valence-corrected chi connectivity index (χ4v) is 0.898. The lowest BCUT2D eigenvalue weighted by molar-refractivity contribution is 0.119. The van der Waals surface area contributed by atoms with E-state index in [9.17, 15) is 5.11 Å². The van der Waals surface area contributed by atoms with E-state index in [0.717, 1.165) is 0 Å². The van der Waals surface area contributed by atoms with Crippen molar-refractivity contribution in [3.63, 3.8) is 0 Å². The minimum atomic E-state index is -0.937. The first-order valence-electron chi connectivity index (χ1n) is 3.77. The Morgan fingerprint density at radius 3 is 2.27 bits per heavy atom. The average Bonchev–Trinajstić information content (AvgIpc) is 2.07. The topological polar surface area (TPSA) is 41.8 Å². The van der Waals surface area contributed by atoms with Crippen LogP contribution in [0.25, 0.3) is 0 Å². The first kappa shape index (κ1) is 8.53. The van der Waals surface area contributed by atoms with E-state index in [2.05, 4.69) is 4.99 Å². The lowest BCUT2D eigenvalue weighted by Crippen LogP contribution is -2.31. The van der Waals surface area contributed by atoms with Gasteiger partial charge in [0, 0.05) is 0 Å². The van der Waals surface area contributed by atoms with E-state index < -0.39 is 5.60 Å². The number of ether oxygens (including phenoxy) is 1. The van der Waals surface area contributed by atoms with Gasteiger partial charge in [0.25, 0.3) is 0 Å². The summed E-state index contributed by atoms with van der Waals surface area (Å²) < 4.78 is 5.23. The summed E-state index contributed by atoms with van der Waals surface area (Å²) in [5.41, 5.74) is -1.11. The van der Waals surface area contributed by atoms with Gasteiger partial charge in [0.05, 0.1) is 5.54 Å². The van der Waals surface area contributed by atoms with E-state index in [1.165, 1.54) is 0 Å². The predicted octanol–water partition coefficient (Wildman–Crippen LogP) is 0.965. The Morgan fingerprint density at radius 1 is 1.55 bits per heavy atom. The number of rotatable bonds is 1. The summed E-state index contributed by atoms with van der Waals surface area (Å²) in [6.45, 7) is 7.87. The molecular formula is C8H15NO2. The second kappa shape index (κ2) is 2.21. The van der Waals surface area contributed by atoms with Gasteiger partial charge in [-0.2, -0.15) is 0 Å². The molecule has 1 aliphatic rings. The van der Waals surface area contributed by atoms with E-state index in [4.69, 9.17) is 4.74 Å². The molecule has 0 aliphatic carbocycles. The highest BCUT2D eigenvalue weighted by molar-refractivity contribution is 5.85. The smallest absolute Gasteiger partial charge is 0.216 e. The van der Waals surface area contributed by atoms with Crippen molar-refractivity contribution in [2.75, 3.05) is 6.61 Å². The molecule has 0 saturated heterocycles. The second-order valence-electron chi connectivity index (χ2n) is 4.08. The Balaban J connectivity index is 2.79. The van der Waals surface area contributed by atoms with Crippen molar-refractivity contribution in [1.29, 1.82) is 0 Å². The van der Waals surface area contributed by atoms with Crippen LogP contribution < -0.4 is 0 Å². The van der Waals surface area contributed by atoms with E-state index in [0.29, 0.717) is 12.5 Å². The van der Waals surface area contributed by atoms with Crippen LogP contribution in [0.4, 0.5) is 0 Å². The molecule has 0 aromatic rings. The number of nitrogens with zero attached hydrogens (tertiary/aromatic N) is 1. The van der Waals surface area contributed by atoms with Crippen LogP contribution in [-0.2, 0) is 4.74 Å². The number of hydrogen-bond donors (Lipinski definition) is 1. The Hall–Kier alpha value is -0.570. The zero-order valence-corrected chi connectivity index (χ0v) is 7.51. The summed E-state index contributed by atoms with van der Waals surface area (Å²) in [6.07, 6.45) is 0. The Kier molecular flexibility index (Phi) is 1.71. The van der Waals surface area contributed by atoms with E-state index in [1.807, 2.05) is 13.8 Å². The van der Waals surface area contributed by atoms with Crippen molar-refractivity contribution in [2.45, 2.75) is 38.8 Å². The van der Waals surface area contributed by atoms with Crippen LogP contribution in [0.5, 0.6) is 0 Å². The largest absolute Gasteiger partial charge is 0.476 e. The third-order valence-corrected chi connectivity index (χ3v) is 1.49. The van der Waals surface area contributed by atoms with Gasteiger partial charge in [0.1, 0.15) is 12.2 Å². The van der Waals surface area contributed by atoms with Crippen LogP contribution in [0, 0.1) is 0 Å². The maximum absolute atomic E-state index is 9.49. The molecule has 0 amide bonds. The zero-order valence-electron chi connectivity index (χ0n) is 7.51. The van der Waals surface area contributed by atoms with Gasteiger partial charge in [-0.25, -0.2) is 4.99 Å². The molecule has 0 atom stereocenters. The van der Waals surface area contributed by atoms with Crippen molar-refractivity contribution >= 4 is 5.90 Å². The van der Waals surface area contributed by atoms with Crippen molar-refractivity contribution in [1.82, 2.24) is 0 Å². The molecule has 0 unspecified atom stereocenters. The summed E-state index contributed by atoms with van der Waals surface area (Å²) >= 11 is 0. The molecule has 0 aromatic heterocycles. The minimum Gasteiger partial charge on any atom is -0.476 e. The summed E-state index contributed by atoms with van der Waals surface area (Å²) in [7, 11) is 0. The summed E-state index contributed by atoms with van der Waals surface area (Å²) in [4.78, 5) is 4.24. The summed E-state index contributed by atoms with van der Waals surface area (Å²) in [5.74, 6) is 0.447. The van der Waals surface area contributed by atoms with Crippen molar-refractivity contribution in [3.05, 3.63) is 0 Å². The minimum absolute atomic E-state index is 0.171. The van der Waals surface area contributed by atoms with Gasteiger partial charge in [-0.05, 0) is 27.7 Å². The van der Waals surface area contributed by atoms with Gasteiger partial charge >= 0.3 is 0 Å². The molecule has 1 aliphatic heterocycles. The Morgan fingerprint density at radius 2 is 2.09 bits per heavy atom. The normalized spacial score (nSPS) is 22.8. The summed E-state index contributed by atoms with van der Waals surface area (Å²) in [5, 5.41) is 9.49. The number of aliphatic imine (C=N–C) groups is 1. The maximum Gasteiger partial charge on any atom is 0.216 e. The standard InChI is InChI=1S/C8H15NO2/c1-7(2)5-11-6(9-7)8(3,4)10/h10H,5H2,1-4H3. The van der Waals surface area contributed by atoms with Crippen LogP contribution in [0.1, 0.15) is 27.7 Å². The summed E-state index contributed by atoms with van der Waals surface area (Å²) in [6, 6.07) is 0. The molecule has 0 bridgehead atoms. The van der Waals surface area contributed by atoms with Gasteiger partial charge in [-0.15, -0.1) is 0 Å². The first-order valence-corrected chi connectivity index (χ1v) is 3.77. The highest BCUT2D eigenvalue weighted by Crippen LogP contribution is 2.21. The molecule has 0 spiro atoms. The van der Waals surface area contributed by atoms with E-state index in [-0.39, 0.29) is 5.54 Å². The molecule has 0 fully saturated rings. The predicted molar refractivity (Wildman–Crippen MR) is 43.8 cm³/mol. The fraction of sp³-hybridized carbons (Fsp3) is 0.875. The van der Waals surface area contributed by atoms with Crippen molar-refractivity contribution < 1.29 is 9.84 Å². The van der Waals surface area contributed by atoms with Gasteiger partial charge in [-0.1, -0.05) is 0 Å². The first-order chi connectivity index (χ1) is 4.81. The molecule has 0 radical (unpaired) electrons. The quantitative estimate of drug-likeness (QED) is 0.616. The lowest BCUT2D eigenvalue weighted by Gasteiger charge is -2.15. The van der Waals surface area contributed by atoms with Crippen LogP contribution in [-0.4, -0.2) is 28.8 Å². The molecule has 1 N–H and O–H groups in total. The van der Waals surface area contributed by atoms with Gasteiger partial charge in [0.2, 0.25) is 5.90 Å². The second-order valence-corrected chi connectivity index (χ2v) is 4.08. The van der Waals surface area contributed by atoms with Gasteiger partial charge in [-0.3, -0.25) is 0 Å². The highest BCUT2D eigenvalue weighted by atomic mass is 16.5. The fourth-order valence-electron chi connectivity index (χ4n) is 0.898.